The van der Waals surface area contributed by atoms with E-state index in [0.717, 1.165) is 0 Å². The van der Waals surface area contributed by atoms with Gasteiger partial charge in [0, 0.05) is 12.8 Å². The van der Waals surface area contributed by atoms with E-state index in [-0.39, 0.29) is 19.4 Å². The van der Waals surface area contributed by atoms with E-state index in [4.69, 9.17) is 5.11 Å². The molecule has 0 spiro atoms. The number of aliphatic carboxylic acids is 1. The summed E-state index contributed by atoms with van der Waals surface area (Å²) in [5.74, 6) is -2.08. The smallest absolute Gasteiger partial charge is 0.325 e. The average Bonchev–Trinajstić information content (AvgIpc) is 2.23. The molecule has 90 valence electrons. The summed E-state index contributed by atoms with van der Waals surface area (Å²) in [7, 11) is 0. The molecule has 0 saturated heterocycles. The van der Waals surface area contributed by atoms with Gasteiger partial charge in [-0.05, 0) is 6.92 Å². The number of nitrogens with one attached hydrogen (secondary N) is 2. The van der Waals surface area contributed by atoms with Gasteiger partial charge in [-0.1, -0.05) is 0 Å². The first-order chi connectivity index (χ1) is 7.47. The fraction of sp³-hybridized carbons (Fsp3) is 0.556. The third-order valence-electron chi connectivity index (χ3n) is 1.71. The fourth-order valence-corrected chi connectivity index (χ4v) is 0.846. The Morgan fingerprint density at radius 2 is 1.81 bits per heavy atom. The van der Waals surface area contributed by atoms with Crippen molar-refractivity contribution in [3.8, 4) is 0 Å². The highest BCUT2D eigenvalue weighted by molar-refractivity contribution is 5.87. The highest BCUT2D eigenvalue weighted by Gasteiger charge is 2.14. The number of carboxylic acid groups (broad SMARTS) is 1. The second-order valence-electron chi connectivity index (χ2n) is 3.10. The molecule has 0 aromatic carbocycles. The summed E-state index contributed by atoms with van der Waals surface area (Å²) in [6, 6.07) is -0.981. The number of hydrogen-bond donors (Lipinski definition) is 3. The molecular weight excluding hydrogens is 216 g/mol. The van der Waals surface area contributed by atoms with Crippen molar-refractivity contribution in [1.82, 2.24) is 10.6 Å². The summed E-state index contributed by atoms with van der Waals surface area (Å²) >= 11 is 0. The largest absolute Gasteiger partial charge is 0.480 e. The van der Waals surface area contributed by atoms with Gasteiger partial charge in [-0.15, -0.1) is 0 Å². The Morgan fingerprint density at radius 1 is 1.25 bits per heavy atom. The molecule has 1 atom stereocenters. The monoisotopic (exact) mass is 230 g/mol. The van der Waals surface area contributed by atoms with Gasteiger partial charge in [-0.25, -0.2) is 0 Å². The van der Waals surface area contributed by atoms with Crippen molar-refractivity contribution in [1.29, 1.82) is 0 Å². The van der Waals surface area contributed by atoms with Gasteiger partial charge in [-0.3, -0.25) is 14.4 Å². The van der Waals surface area contributed by atoms with E-state index in [2.05, 4.69) is 10.6 Å². The van der Waals surface area contributed by atoms with E-state index in [1.807, 2.05) is 0 Å². The third-order valence-corrected chi connectivity index (χ3v) is 1.71. The zero-order valence-electron chi connectivity index (χ0n) is 8.86. The van der Waals surface area contributed by atoms with E-state index < -0.39 is 23.8 Å². The molecule has 0 heterocycles. The van der Waals surface area contributed by atoms with Crippen LogP contribution in [0.25, 0.3) is 0 Å². The summed E-state index contributed by atoms with van der Waals surface area (Å²) in [5, 5.41) is 13.0. The molecule has 0 aliphatic carbocycles. The van der Waals surface area contributed by atoms with Gasteiger partial charge in [0.1, 0.15) is 12.3 Å². The summed E-state index contributed by atoms with van der Waals surface area (Å²) in [6.45, 7) is 1.23. The van der Waals surface area contributed by atoms with Crippen LogP contribution in [-0.2, 0) is 19.2 Å². The second-order valence-corrected chi connectivity index (χ2v) is 3.10. The molecule has 0 bridgehead atoms. The minimum absolute atomic E-state index is 0.0774. The Kier molecular flexibility index (Phi) is 6.50. The number of carbonyl (C=O) groups is 4. The second kappa shape index (κ2) is 7.38. The number of aldehydes is 1. The van der Waals surface area contributed by atoms with Crippen LogP contribution >= 0.6 is 0 Å². The number of hydrogen-bond acceptors (Lipinski definition) is 4. The Morgan fingerprint density at radius 3 is 2.31 bits per heavy atom. The Labute approximate surface area is 92.2 Å². The average molecular weight is 230 g/mol. The van der Waals surface area contributed by atoms with E-state index in [0.29, 0.717) is 6.29 Å². The Bertz CT molecular complexity index is 290. The molecule has 0 saturated carbocycles. The van der Waals surface area contributed by atoms with Crippen LogP contribution in [0.1, 0.15) is 19.8 Å². The van der Waals surface area contributed by atoms with Crippen LogP contribution in [0.15, 0.2) is 0 Å². The molecule has 7 nitrogen and oxygen atoms in total. The molecule has 2 amide bonds. The van der Waals surface area contributed by atoms with Crippen molar-refractivity contribution < 1.29 is 24.3 Å². The molecule has 0 aliphatic heterocycles. The van der Waals surface area contributed by atoms with Crippen molar-refractivity contribution in [3.63, 3.8) is 0 Å². The van der Waals surface area contributed by atoms with Crippen LogP contribution in [0, 0.1) is 0 Å². The summed E-state index contributed by atoms with van der Waals surface area (Å²) < 4.78 is 0. The van der Waals surface area contributed by atoms with Crippen molar-refractivity contribution in [2.24, 2.45) is 0 Å². The van der Waals surface area contributed by atoms with Crippen LogP contribution in [0.2, 0.25) is 0 Å². The lowest BCUT2D eigenvalue weighted by molar-refractivity contribution is -0.141. The van der Waals surface area contributed by atoms with Crippen LogP contribution in [-0.4, -0.2) is 41.8 Å². The van der Waals surface area contributed by atoms with Gasteiger partial charge in [0.25, 0.3) is 0 Å². The van der Waals surface area contributed by atoms with Gasteiger partial charge in [0.2, 0.25) is 11.8 Å². The number of amides is 2. The minimum atomic E-state index is -1.14. The van der Waals surface area contributed by atoms with E-state index in [9.17, 15) is 19.2 Å². The summed E-state index contributed by atoms with van der Waals surface area (Å²) in [4.78, 5) is 42.4. The molecule has 7 heteroatoms. The zero-order chi connectivity index (χ0) is 12.6. The van der Waals surface area contributed by atoms with E-state index >= 15 is 0 Å². The molecule has 0 aromatic heterocycles. The summed E-state index contributed by atoms with van der Waals surface area (Å²) in [5.41, 5.74) is 0. The first-order valence-corrected chi connectivity index (χ1v) is 4.70. The Hall–Kier alpha value is -1.92. The maximum absolute atomic E-state index is 11.1. The first kappa shape index (κ1) is 14.1. The molecule has 0 aromatic rings. The van der Waals surface area contributed by atoms with Gasteiger partial charge in [0.05, 0.1) is 6.54 Å². The normalized spacial score (nSPS) is 11.3. The van der Waals surface area contributed by atoms with E-state index in [1.165, 1.54) is 6.92 Å². The molecule has 0 aliphatic rings. The predicted octanol–water partition coefficient (Wildman–Crippen LogP) is -1.33. The zero-order valence-corrected chi connectivity index (χ0v) is 8.86. The third kappa shape index (κ3) is 6.52. The first-order valence-electron chi connectivity index (χ1n) is 4.70. The van der Waals surface area contributed by atoms with Crippen LogP contribution in [0.4, 0.5) is 0 Å². The van der Waals surface area contributed by atoms with Gasteiger partial charge < -0.3 is 20.5 Å². The topological polar surface area (TPSA) is 113 Å². The molecule has 16 heavy (non-hydrogen) atoms. The standard InChI is InChI=1S/C9H14N2O5/c1-6(9(15)16)11-8(14)3-2-7(13)10-4-5-12/h5-6H,2-4H2,1H3,(H,10,13)(H,11,14)(H,15,16)/t6-/m0/s1. The number of carboxylic acids is 1. The lowest BCUT2D eigenvalue weighted by Gasteiger charge is -2.08. The lowest BCUT2D eigenvalue weighted by atomic mass is 10.2. The maximum atomic E-state index is 11.1. The molecule has 0 rings (SSSR count). The van der Waals surface area contributed by atoms with Gasteiger partial charge in [0.15, 0.2) is 0 Å². The fourth-order valence-electron chi connectivity index (χ4n) is 0.846. The molecule has 0 unspecified atom stereocenters. The molecular formula is C9H14N2O5. The number of carbonyl (C=O) groups excluding carboxylic acids is 3. The highest BCUT2D eigenvalue weighted by Crippen LogP contribution is 1.91. The van der Waals surface area contributed by atoms with Crippen molar-refractivity contribution in [2.75, 3.05) is 6.54 Å². The van der Waals surface area contributed by atoms with Crippen molar-refractivity contribution >= 4 is 24.1 Å². The SMILES string of the molecule is C[C@H](NC(=O)CCC(=O)NCC=O)C(=O)O. The predicted molar refractivity (Wildman–Crippen MR) is 53.5 cm³/mol. The minimum Gasteiger partial charge on any atom is -0.480 e. The summed E-state index contributed by atoms with van der Waals surface area (Å²) in [6.07, 6.45) is 0.346. The quantitative estimate of drug-likeness (QED) is 0.469. The van der Waals surface area contributed by atoms with Crippen molar-refractivity contribution in [3.05, 3.63) is 0 Å². The molecule has 0 radical (unpaired) electrons. The van der Waals surface area contributed by atoms with Crippen molar-refractivity contribution in [2.45, 2.75) is 25.8 Å². The van der Waals surface area contributed by atoms with Gasteiger partial charge >= 0.3 is 5.97 Å². The highest BCUT2D eigenvalue weighted by atomic mass is 16.4. The van der Waals surface area contributed by atoms with Crippen LogP contribution in [0.5, 0.6) is 0 Å². The molecule has 3 N–H and O–H groups in total. The molecule has 0 fully saturated rings. The maximum Gasteiger partial charge on any atom is 0.325 e. The van der Waals surface area contributed by atoms with Gasteiger partial charge in [-0.2, -0.15) is 0 Å². The van der Waals surface area contributed by atoms with E-state index in [1.54, 1.807) is 0 Å². The Balaban J connectivity index is 3.76. The van der Waals surface area contributed by atoms with Crippen LogP contribution < -0.4 is 10.6 Å². The number of rotatable bonds is 7. The van der Waals surface area contributed by atoms with Crippen LogP contribution in [0.3, 0.4) is 0 Å². The lowest BCUT2D eigenvalue weighted by Crippen LogP contribution is -2.38.